The fraction of sp³-hybridized carbons (Fsp3) is 0.667. The summed E-state index contributed by atoms with van der Waals surface area (Å²) >= 11 is 0. The SMILES string of the molecule is CCNC(=NCc1cccc(CN2CCCCCC2)c1)NC(C)COC.I. The van der Waals surface area contributed by atoms with E-state index < -0.39 is 0 Å². The second-order valence-electron chi connectivity index (χ2n) is 7.21. The molecule has 2 rings (SSSR count). The first-order valence-corrected chi connectivity index (χ1v) is 10.0. The Morgan fingerprint density at radius 1 is 1.19 bits per heavy atom. The van der Waals surface area contributed by atoms with Gasteiger partial charge < -0.3 is 15.4 Å². The zero-order valence-corrected chi connectivity index (χ0v) is 19.5. The zero-order chi connectivity index (χ0) is 18.6. The van der Waals surface area contributed by atoms with Gasteiger partial charge >= 0.3 is 0 Å². The highest BCUT2D eigenvalue weighted by atomic mass is 127. The predicted octanol–water partition coefficient (Wildman–Crippen LogP) is 3.77. The highest BCUT2D eigenvalue weighted by Gasteiger charge is 2.10. The molecule has 1 unspecified atom stereocenters. The van der Waals surface area contributed by atoms with Gasteiger partial charge in [-0.15, -0.1) is 24.0 Å². The van der Waals surface area contributed by atoms with E-state index in [-0.39, 0.29) is 30.0 Å². The summed E-state index contributed by atoms with van der Waals surface area (Å²) in [4.78, 5) is 7.32. The van der Waals surface area contributed by atoms with E-state index in [4.69, 9.17) is 9.73 Å². The Labute approximate surface area is 182 Å². The first-order valence-electron chi connectivity index (χ1n) is 10.0. The van der Waals surface area contributed by atoms with Crippen LogP contribution >= 0.6 is 24.0 Å². The molecule has 5 nitrogen and oxygen atoms in total. The number of nitrogens with zero attached hydrogens (tertiary/aromatic N) is 2. The molecule has 1 aliphatic rings. The van der Waals surface area contributed by atoms with Crippen molar-refractivity contribution in [2.75, 3.05) is 33.4 Å². The summed E-state index contributed by atoms with van der Waals surface area (Å²) < 4.78 is 5.19. The van der Waals surface area contributed by atoms with Gasteiger partial charge in [0.15, 0.2) is 5.96 Å². The molecule has 27 heavy (non-hydrogen) atoms. The van der Waals surface area contributed by atoms with Gasteiger partial charge in [0.1, 0.15) is 0 Å². The summed E-state index contributed by atoms with van der Waals surface area (Å²) in [5, 5.41) is 6.69. The number of guanidine groups is 1. The predicted molar refractivity (Wildman–Crippen MR) is 125 cm³/mol. The minimum atomic E-state index is 0. The molecule has 0 aliphatic carbocycles. The summed E-state index contributed by atoms with van der Waals surface area (Å²) in [5.74, 6) is 0.843. The molecular formula is C21H37IN4O. The molecule has 1 aliphatic heterocycles. The average molecular weight is 488 g/mol. The molecule has 0 spiro atoms. The minimum Gasteiger partial charge on any atom is -0.383 e. The quantitative estimate of drug-likeness (QED) is 0.332. The Hall–Kier alpha value is -0.860. The van der Waals surface area contributed by atoms with Crippen LogP contribution in [0.1, 0.15) is 50.7 Å². The van der Waals surface area contributed by atoms with Gasteiger partial charge in [-0.2, -0.15) is 0 Å². The molecular weight excluding hydrogens is 451 g/mol. The Bertz CT molecular complexity index is 545. The number of hydrogen-bond acceptors (Lipinski definition) is 3. The van der Waals surface area contributed by atoms with E-state index in [0.717, 1.165) is 19.0 Å². The standard InChI is InChI=1S/C21H36N4O.HI/c1-4-22-21(24-18(2)17-26-3)23-15-19-10-9-11-20(14-19)16-25-12-7-5-6-8-13-25;/h9-11,14,18H,4-8,12-13,15-17H2,1-3H3,(H2,22,23,24);1H. The third kappa shape index (κ3) is 9.76. The number of benzene rings is 1. The van der Waals surface area contributed by atoms with E-state index in [0.29, 0.717) is 13.2 Å². The topological polar surface area (TPSA) is 48.9 Å². The van der Waals surface area contributed by atoms with Crippen LogP contribution in [0.5, 0.6) is 0 Å². The van der Waals surface area contributed by atoms with Crippen LogP contribution in [-0.4, -0.2) is 50.3 Å². The van der Waals surface area contributed by atoms with E-state index in [1.54, 1.807) is 7.11 Å². The molecule has 1 heterocycles. The number of methoxy groups -OCH3 is 1. The van der Waals surface area contributed by atoms with Crippen LogP contribution < -0.4 is 10.6 Å². The van der Waals surface area contributed by atoms with Crippen LogP contribution in [0.25, 0.3) is 0 Å². The molecule has 0 radical (unpaired) electrons. The number of aliphatic imine (C=N–C) groups is 1. The molecule has 0 bridgehead atoms. The van der Waals surface area contributed by atoms with Crippen molar-refractivity contribution in [2.24, 2.45) is 4.99 Å². The summed E-state index contributed by atoms with van der Waals surface area (Å²) in [5.41, 5.74) is 2.65. The second-order valence-corrected chi connectivity index (χ2v) is 7.21. The smallest absolute Gasteiger partial charge is 0.191 e. The van der Waals surface area contributed by atoms with Crippen LogP contribution in [0.15, 0.2) is 29.3 Å². The lowest BCUT2D eigenvalue weighted by Gasteiger charge is -2.20. The van der Waals surface area contributed by atoms with Crippen LogP contribution in [0.3, 0.4) is 0 Å². The fourth-order valence-corrected chi connectivity index (χ4v) is 3.39. The van der Waals surface area contributed by atoms with Gasteiger partial charge in [-0.05, 0) is 50.9 Å². The van der Waals surface area contributed by atoms with Crippen LogP contribution in [-0.2, 0) is 17.8 Å². The van der Waals surface area contributed by atoms with E-state index in [1.807, 2.05) is 0 Å². The van der Waals surface area contributed by atoms with Crippen LogP contribution in [0, 0.1) is 0 Å². The zero-order valence-electron chi connectivity index (χ0n) is 17.2. The van der Waals surface area contributed by atoms with Crippen molar-refractivity contribution < 1.29 is 4.74 Å². The summed E-state index contributed by atoms with van der Waals surface area (Å²) in [6.45, 7) is 9.89. The van der Waals surface area contributed by atoms with Gasteiger partial charge in [0.2, 0.25) is 0 Å². The molecule has 154 valence electrons. The van der Waals surface area contributed by atoms with Gasteiger partial charge in [-0.3, -0.25) is 4.90 Å². The van der Waals surface area contributed by atoms with Crippen molar-refractivity contribution in [3.05, 3.63) is 35.4 Å². The first kappa shape index (κ1) is 24.2. The van der Waals surface area contributed by atoms with Crippen molar-refractivity contribution in [3.63, 3.8) is 0 Å². The Kier molecular flexibility index (Phi) is 12.7. The number of nitrogens with one attached hydrogen (secondary N) is 2. The molecule has 2 N–H and O–H groups in total. The average Bonchev–Trinajstić information content (AvgIpc) is 2.89. The molecule has 0 saturated carbocycles. The fourth-order valence-electron chi connectivity index (χ4n) is 3.39. The first-order chi connectivity index (χ1) is 12.7. The summed E-state index contributed by atoms with van der Waals surface area (Å²) in [6.07, 6.45) is 5.43. The molecule has 1 aromatic carbocycles. The number of ether oxygens (including phenoxy) is 1. The van der Waals surface area contributed by atoms with E-state index in [2.05, 4.69) is 53.6 Å². The highest BCUT2D eigenvalue weighted by molar-refractivity contribution is 14.0. The maximum absolute atomic E-state index is 5.19. The van der Waals surface area contributed by atoms with Crippen molar-refractivity contribution in [1.29, 1.82) is 0 Å². The molecule has 0 amide bonds. The molecule has 1 saturated heterocycles. The Balaban J connectivity index is 0.00000364. The van der Waals surface area contributed by atoms with Crippen molar-refractivity contribution in [2.45, 2.75) is 58.7 Å². The Morgan fingerprint density at radius 2 is 1.89 bits per heavy atom. The second kappa shape index (κ2) is 14.2. The largest absolute Gasteiger partial charge is 0.383 e. The van der Waals surface area contributed by atoms with Crippen molar-refractivity contribution >= 4 is 29.9 Å². The van der Waals surface area contributed by atoms with Crippen molar-refractivity contribution in [1.82, 2.24) is 15.5 Å². The van der Waals surface area contributed by atoms with Crippen molar-refractivity contribution in [3.8, 4) is 0 Å². The molecule has 1 fully saturated rings. The van der Waals surface area contributed by atoms with E-state index in [9.17, 15) is 0 Å². The molecule has 1 aromatic rings. The molecule has 1 atom stereocenters. The lowest BCUT2D eigenvalue weighted by atomic mass is 10.1. The number of hydrogen-bond donors (Lipinski definition) is 2. The van der Waals surface area contributed by atoms with Gasteiger partial charge in [-0.25, -0.2) is 4.99 Å². The van der Waals surface area contributed by atoms with Crippen LogP contribution in [0.2, 0.25) is 0 Å². The highest BCUT2D eigenvalue weighted by Crippen LogP contribution is 2.14. The summed E-state index contributed by atoms with van der Waals surface area (Å²) in [6, 6.07) is 9.09. The summed E-state index contributed by atoms with van der Waals surface area (Å²) in [7, 11) is 1.72. The monoisotopic (exact) mass is 488 g/mol. The third-order valence-electron chi connectivity index (χ3n) is 4.66. The van der Waals surface area contributed by atoms with Crippen LogP contribution in [0.4, 0.5) is 0 Å². The lowest BCUT2D eigenvalue weighted by molar-refractivity contribution is 0.179. The van der Waals surface area contributed by atoms with E-state index in [1.165, 1.54) is 49.9 Å². The third-order valence-corrected chi connectivity index (χ3v) is 4.66. The number of likely N-dealkylation sites (tertiary alicyclic amines) is 1. The van der Waals surface area contributed by atoms with Gasteiger partial charge in [0.25, 0.3) is 0 Å². The van der Waals surface area contributed by atoms with E-state index >= 15 is 0 Å². The molecule has 0 aromatic heterocycles. The minimum absolute atomic E-state index is 0. The van der Waals surface area contributed by atoms with Gasteiger partial charge in [0, 0.05) is 26.2 Å². The maximum Gasteiger partial charge on any atom is 0.191 e. The lowest BCUT2D eigenvalue weighted by Crippen LogP contribution is -2.43. The number of halogens is 1. The number of rotatable bonds is 8. The normalized spacial score (nSPS) is 16.9. The Morgan fingerprint density at radius 3 is 2.56 bits per heavy atom. The van der Waals surface area contributed by atoms with Gasteiger partial charge in [0.05, 0.1) is 13.2 Å². The van der Waals surface area contributed by atoms with Gasteiger partial charge in [-0.1, -0.05) is 37.1 Å². The molecule has 6 heteroatoms. The maximum atomic E-state index is 5.19.